The number of rotatable bonds is 2. The van der Waals surface area contributed by atoms with Gasteiger partial charge in [-0.1, -0.05) is 29.3 Å². The lowest BCUT2D eigenvalue weighted by Gasteiger charge is -2.04. The molecule has 0 atom stereocenters. The third-order valence-electron chi connectivity index (χ3n) is 1.57. The summed E-state index contributed by atoms with van der Waals surface area (Å²) in [5.74, 6) is 0. The van der Waals surface area contributed by atoms with Crippen molar-refractivity contribution < 1.29 is 9.53 Å². The Morgan fingerprint density at radius 3 is 2.92 bits per heavy atom. The molecule has 0 bridgehead atoms. The summed E-state index contributed by atoms with van der Waals surface area (Å²) in [5, 5.41) is 0.576. The molecule has 13 heavy (non-hydrogen) atoms. The minimum atomic E-state index is -0.794. The second kappa shape index (κ2) is 4.14. The van der Waals surface area contributed by atoms with Crippen molar-refractivity contribution in [2.75, 3.05) is 0 Å². The van der Waals surface area contributed by atoms with Crippen molar-refractivity contribution in [3.05, 3.63) is 34.3 Å². The van der Waals surface area contributed by atoms with Gasteiger partial charge in [-0.25, -0.2) is 4.79 Å². The standard InChI is InChI=1S/C9H10ClNO2/c1-6-2-3-8(10)7(4-6)5-13-9(11)12/h2-4H,5H2,1H3,(H2,11,12). The van der Waals surface area contributed by atoms with E-state index in [1.807, 2.05) is 19.1 Å². The van der Waals surface area contributed by atoms with E-state index < -0.39 is 6.09 Å². The molecule has 0 aromatic heterocycles. The van der Waals surface area contributed by atoms with Gasteiger partial charge >= 0.3 is 6.09 Å². The molecule has 0 fully saturated rings. The Morgan fingerprint density at radius 2 is 2.31 bits per heavy atom. The maximum absolute atomic E-state index is 10.3. The topological polar surface area (TPSA) is 52.3 Å². The molecule has 2 N–H and O–H groups in total. The van der Waals surface area contributed by atoms with Crippen LogP contribution in [-0.2, 0) is 11.3 Å². The highest BCUT2D eigenvalue weighted by atomic mass is 35.5. The normalized spacial score (nSPS) is 9.69. The van der Waals surface area contributed by atoms with Crippen LogP contribution in [-0.4, -0.2) is 6.09 Å². The number of nitrogens with two attached hydrogens (primary N) is 1. The van der Waals surface area contributed by atoms with Gasteiger partial charge in [0, 0.05) is 10.6 Å². The first-order valence-electron chi connectivity index (χ1n) is 3.77. The minimum Gasteiger partial charge on any atom is -0.445 e. The van der Waals surface area contributed by atoms with Crippen LogP contribution < -0.4 is 5.73 Å². The van der Waals surface area contributed by atoms with Gasteiger partial charge in [0.05, 0.1) is 0 Å². The molecule has 4 heteroatoms. The molecule has 0 saturated carbocycles. The van der Waals surface area contributed by atoms with Crippen molar-refractivity contribution >= 4 is 17.7 Å². The van der Waals surface area contributed by atoms with Gasteiger partial charge in [0.2, 0.25) is 0 Å². The number of benzene rings is 1. The largest absolute Gasteiger partial charge is 0.445 e. The first-order chi connectivity index (χ1) is 6.09. The predicted octanol–water partition coefficient (Wildman–Crippen LogP) is 2.24. The SMILES string of the molecule is Cc1ccc(Cl)c(COC(N)=O)c1. The average Bonchev–Trinajstić information content (AvgIpc) is 2.06. The first-order valence-corrected chi connectivity index (χ1v) is 4.14. The van der Waals surface area contributed by atoms with Crippen LogP contribution in [0.5, 0.6) is 0 Å². The highest BCUT2D eigenvalue weighted by Gasteiger charge is 2.02. The van der Waals surface area contributed by atoms with Crippen LogP contribution in [0.25, 0.3) is 0 Å². The van der Waals surface area contributed by atoms with Gasteiger partial charge in [-0.3, -0.25) is 0 Å². The summed E-state index contributed by atoms with van der Waals surface area (Å²) >= 11 is 5.85. The number of carbonyl (C=O) groups excluding carboxylic acids is 1. The van der Waals surface area contributed by atoms with Crippen LogP contribution in [0.15, 0.2) is 18.2 Å². The van der Waals surface area contributed by atoms with E-state index in [0.717, 1.165) is 11.1 Å². The Morgan fingerprint density at radius 1 is 1.62 bits per heavy atom. The van der Waals surface area contributed by atoms with Crippen LogP contribution in [0.4, 0.5) is 4.79 Å². The minimum absolute atomic E-state index is 0.121. The predicted molar refractivity (Wildman–Crippen MR) is 50.6 cm³/mol. The molecule has 1 rings (SSSR count). The highest BCUT2D eigenvalue weighted by Crippen LogP contribution is 2.17. The van der Waals surface area contributed by atoms with Crippen LogP contribution >= 0.6 is 11.6 Å². The van der Waals surface area contributed by atoms with Crippen molar-refractivity contribution in [1.82, 2.24) is 0 Å². The van der Waals surface area contributed by atoms with Gasteiger partial charge in [0.15, 0.2) is 0 Å². The summed E-state index contributed by atoms with van der Waals surface area (Å²) in [6, 6.07) is 5.50. The van der Waals surface area contributed by atoms with E-state index in [1.165, 1.54) is 0 Å². The summed E-state index contributed by atoms with van der Waals surface area (Å²) in [4.78, 5) is 10.3. The highest BCUT2D eigenvalue weighted by molar-refractivity contribution is 6.31. The van der Waals surface area contributed by atoms with Gasteiger partial charge in [-0.15, -0.1) is 0 Å². The third kappa shape index (κ3) is 2.95. The van der Waals surface area contributed by atoms with E-state index in [9.17, 15) is 4.79 Å². The summed E-state index contributed by atoms with van der Waals surface area (Å²) in [6.07, 6.45) is -0.794. The molecular formula is C9H10ClNO2. The molecule has 1 amide bonds. The van der Waals surface area contributed by atoms with Gasteiger partial charge in [0.25, 0.3) is 0 Å². The van der Waals surface area contributed by atoms with E-state index >= 15 is 0 Å². The number of halogens is 1. The van der Waals surface area contributed by atoms with Gasteiger partial charge in [-0.2, -0.15) is 0 Å². The molecule has 70 valence electrons. The summed E-state index contributed by atoms with van der Waals surface area (Å²) in [6.45, 7) is 2.06. The van der Waals surface area contributed by atoms with Gasteiger partial charge in [-0.05, 0) is 13.0 Å². The summed E-state index contributed by atoms with van der Waals surface area (Å²) < 4.78 is 4.62. The number of hydrogen-bond donors (Lipinski definition) is 1. The average molecular weight is 200 g/mol. The molecule has 0 heterocycles. The van der Waals surface area contributed by atoms with Crippen molar-refractivity contribution in [3.8, 4) is 0 Å². The second-order valence-corrected chi connectivity index (χ2v) is 3.11. The number of carbonyl (C=O) groups is 1. The van der Waals surface area contributed by atoms with E-state index in [4.69, 9.17) is 17.3 Å². The Labute approximate surface area is 81.4 Å². The van der Waals surface area contributed by atoms with E-state index in [0.29, 0.717) is 5.02 Å². The fourth-order valence-corrected chi connectivity index (χ4v) is 1.14. The van der Waals surface area contributed by atoms with E-state index in [1.54, 1.807) is 6.07 Å². The van der Waals surface area contributed by atoms with Crippen LogP contribution in [0, 0.1) is 6.92 Å². The fraction of sp³-hybridized carbons (Fsp3) is 0.222. The number of aryl methyl sites for hydroxylation is 1. The van der Waals surface area contributed by atoms with Crippen molar-refractivity contribution in [2.24, 2.45) is 5.73 Å². The lowest BCUT2D eigenvalue weighted by atomic mass is 10.1. The van der Waals surface area contributed by atoms with Gasteiger partial charge < -0.3 is 10.5 Å². The Hall–Kier alpha value is -1.22. The second-order valence-electron chi connectivity index (χ2n) is 2.70. The lowest BCUT2D eigenvalue weighted by Crippen LogP contribution is -2.12. The summed E-state index contributed by atoms with van der Waals surface area (Å²) in [7, 11) is 0. The van der Waals surface area contributed by atoms with E-state index in [-0.39, 0.29) is 6.61 Å². The van der Waals surface area contributed by atoms with Crippen LogP contribution in [0.2, 0.25) is 5.02 Å². The molecule has 0 radical (unpaired) electrons. The number of primary amides is 1. The summed E-state index contributed by atoms with van der Waals surface area (Å²) in [5.41, 5.74) is 6.65. The van der Waals surface area contributed by atoms with Crippen LogP contribution in [0.3, 0.4) is 0 Å². The maximum atomic E-state index is 10.3. The number of hydrogen-bond acceptors (Lipinski definition) is 2. The number of amides is 1. The van der Waals surface area contributed by atoms with Crippen molar-refractivity contribution in [1.29, 1.82) is 0 Å². The fourth-order valence-electron chi connectivity index (χ4n) is 0.963. The Balaban J connectivity index is 2.75. The smallest absolute Gasteiger partial charge is 0.404 e. The quantitative estimate of drug-likeness (QED) is 0.794. The lowest BCUT2D eigenvalue weighted by molar-refractivity contribution is 0.150. The van der Waals surface area contributed by atoms with Crippen LogP contribution in [0.1, 0.15) is 11.1 Å². The third-order valence-corrected chi connectivity index (χ3v) is 1.94. The zero-order valence-corrected chi connectivity index (χ0v) is 7.97. The molecule has 0 saturated heterocycles. The molecule has 0 unspecified atom stereocenters. The molecule has 0 aliphatic carbocycles. The molecule has 1 aromatic carbocycles. The molecule has 0 spiro atoms. The zero-order chi connectivity index (χ0) is 9.84. The maximum Gasteiger partial charge on any atom is 0.404 e. The first kappa shape index (κ1) is 9.86. The Bertz CT molecular complexity index is 325. The van der Waals surface area contributed by atoms with E-state index in [2.05, 4.69) is 4.74 Å². The molecule has 0 aliphatic heterocycles. The molecule has 1 aromatic rings. The number of ether oxygens (including phenoxy) is 1. The monoisotopic (exact) mass is 199 g/mol. The van der Waals surface area contributed by atoms with Gasteiger partial charge in [0.1, 0.15) is 6.61 Å². The van der Waals surface area contributed by atoms with Crippen molar-refractivity contribution in [2.45, 2.75) is 13.5 Å². The molecule has 3 nitrogen and oxygen atoms in total. The Kier molecular flexibility index (Phi) is 3.14. The van der Waals surface area contributed by atoms with Crippen molar-refractivity contribution in [3.63, 3.8) is 0 Å². The zero-order valence-electron chi connectivity index (χ0n) is 7.21. The molecule has 0 aliphatic rings. The molecular weight excluding hydrogens is 190 g/mol.